The molecule has 3 amide bonds. The van der Waals surface area contributed by atoms with Gasteiger partial charge in [-0.2, -0.15) is 0 Å². The molecule has 0 heterocycles. The summed E-state index contributed by atoms with van der Waals surface area (Å²) in [7, 11) is 0. The first-order valence-corrected chi connectivity index (χ1v) is 5.72. The third-order valence-corrected chi connectivity index (χ3v) is 2.42. The minimum atomic E-state index is -0.694. The van der Waals surface area contributed by atoms with Crippen molar-refractivity contribution in [1.82, 2.24) is 9.80 Å². The molecule has 0 atom stereocenters. The molecule has 0 saturated carbocycles. The minimum absolute atomic E-state index is 0.298. The zero-order valence-corrected chi connectivity index (χ0v) is 10.4. The number of rotatable bonds is 5. The molecular weight excluding hydrogens is 216 g/mol. The molecule has 0 unspecified atom stereocenters. The molecule has 0 aliphatic carbocycles. The maximum Gasteiger partial charge on any atom is 0.327 e. The van der Waals surface area contributed by atoms with Crippen LogP contribution < -0.4 is 0 Å². The lowest BCUT2D eigenvalue weighted by molar-refractivity contribution is 0.165. The van der Waals surface area contributed by atoms with Crippen LogP contribution in [0.1, 0.15) is 33.6 Å². The fraction of sp³-hybridized carbons (Fsp3) is 0.800. The van der Waals surface area contributed by atoms with Crippen LogP contribution in [0.3, 0.4) is 0 Å². The molecule has 0 aromatic rings. The zero-order valence-electron chi connectivity index (χ0n) is 9.62. The second-order valence-corrected chi connectivity index (χ2v) is 3.54. The molecule has 0 saturated heterocycles. The van der Waals surface area contributed by atoms with E-state index >= 15 is 0 Å². The number of hydrogen-bond acceptors (Lipinski definition) is 2. The summed E-state index contributed by atoms with van der Waals surface area (Å²) in [5.41, 5.74) is 0. The highest BCUT2D eigenvalue weighted by atomic mass is 35.5. The Bertz CT molecular complexity index is 217. The maximum absolute atomic E-state index is 11.8. The van der Waals surface area contributed by atoms with E-state index in [1.807, 2.05) is 20.8 Å². The number of unbranched alkanes of at least 4 members (excludes halogenated alkanes) is 1. The lowest BCUT2D eigenvalue weighted by atomic mass is 10.3. The monoisotopic (exact) mass is 234 g/mol. The van der Waals surface area contributed by atoms with Crippen LogP contribution in [-0.2, 0) is 0 Å². The van der Waals surface area contributed by atoms with E-state index in [9.17, 15) is 9.59 Å². The van der Waals surface area contributed by atoms with Crippen molar-refractivity contribution in [2.45, 2.75) is 33.6 Å². The Morgan fingerprint density at radius 2 is 1.67 bits per heavy atom. The van der Waals surface area contributed by atoms with Gasteiger partial charge in [0, 0.05) is 19.6 Å². The van der Waals surface area contributed by atoms with E-state index in [1.54, 1.807) is 4.90 Å². The average molecular weight is 235 g/mol. The van der Waals surface area contributed by atoms with E-state index in [4.69, 9.17) is 11.6 Å². The van der Waals surface area contributed by atoms with Gasteiger partial charge in [-0.15, -0.1) is 0 Å². The van der Waals surface area contributed by atoms with Crippen molar-refractivity contribution in [3.05, 3.63) is 0 Å². The summed E-state index contributed by atoms with van der Waals surface area (Å²) in [6.07, 6.45) is 1.71. The summed E-state index contributed by atoms with van der Waals surface area (Å²) in [6.45, 7) is 7.31. The molecule has 88 valence electrons. The SMILES string of the molecule is CCCCN(C(=O)Cl)C(=O)N(CC)CC. The molecule has 0 fully saturated rings. The number of carbonyl (C=O) groups is 2. The average Bonchev–Trinajstić information content (AvgIpc) is 2.19. The van der Waals surface area contributed by atoms with Crippen LogP contribution in [0.25, 0.3) is 0 Å². The van der Waals surface area contributed by atoms with Crippen molar-refractivity contribution in [2.75, 3.05) is 19.6 Å². The quantitative estimate of drug-likeness (QED) is 0.542. The van der Waals surface area contributed by atoms with Crippen molar-refractivity contribution in [3.8, 4) is 0 Å². The molecule has 5 heteroatoms. The Balaban J connectivity index is 4.46. The number of imide groups is 1. The first kappa shape index (κ1) is 14.2. The predicted molar refractivity (Wildman–Crippen MR) is 61.2 cm³/mol. The van der Waals surface area contributed by atoms with Crippen LogP contribution in [0.5, 0.6) is 0 Å². The first-order chi connectivity index (χ1) is 7.08. The molecule has 0 bridgehead atoms. The lowest BCUT2D eigenvalue weighted by Gasteiger charge is -2.26. The van der Waals surface area contributed by atoms with Gasteiger partial charge < -0.3 is 4.90 Å². The van der Waals surface area contributed by atoms with Crippen LogP contribution in [0.4, 0.5) is 9.59 Å². The Morgan fingerprint density at radius 1 is 1.13 bits per heavy atom. The van der Waals surface area contributed by atoms with Crippen LogP contribution in [0.15, 0.2) is 0 Å². The van der Waals surface area contributed by atoms with Crippen molar-refractivity contribution < 1.29 is 9.59 Å². The van der Waals surface area contributed by atoms with E-state index in [2.05, 4.69) is 0 Å². The van der Waals surface area contributed by atoms with Crippen LogP contribution in [0, 0.1) is 0 Å². The number of hydrogen-bond donors (Lipinski definition) is 0. The highest BCUT2D eigenvalue weighted by Crippen LogP contribution is 2.05. The predicted octanol–water partition coefficient (Wildman–Crippen LogP) is 2.91. The summed E-state index contributed by atoms with van der Waals surface area (Å²) in [6, 6.07) is -0.298. The Hall–Kier alpha value is -0.770. The molecule has 0 aliphatic rings. The van der Waals surface area contributed by atoms with E-state index < -0.39 is 5.37 Å². The number of urea groups is 1. The molecule has 0 aromatic heterocycles. The van der Waals surface area contributed by atoms with Crippen molar-refractivity contribution in [2.24, 2.45) is 0 Å². The highest BCUT2D eigenvalue weighted by molar-refractivity contribution is 6.64. The Morgan fingerprint density at radius 3 is 2.00 bits per heavy atom. The van der Waals surface area contributed by atoms with Crippen LogP contribution >= 0.6 is 11.6 Å². The minimum Gasteiger partial charge on any atom is -0.325 e. The molecule has 0 spiro atoms. The smallest absolute Gasteiger partial charge is 0.325 e. The van der Waals surface area contributed by atoms with Gasteiger partial charge in [0.2, 0.25) is 0 Å². The van der Waals surface area contributed by atoms with Crippen LogP contribution in [-0.4, -0.2) is 40.8 Å². The van der Waals surface area contributed by atoms with Crippen molar-refractivity contribution >= 4 is 23.0 Å². The number of halogens is 1. The molecule has 0 rings (SSSR count). The van der Waals surface area contributed by atoms with Gasteiger partial charge >= 0.3 is 11.4 Å². The van der Waals surface area contributed by atoms with Gasteiger partial charge in [-0.3, -0.25) is 9.69 Å². The second-order valence-electron chi connectivity index (χ2n) is 3.21. The van der Waals surface area contributed by atoms with Crippen molar-refractivity contribution in [1.29, 1.82) is 0 Å². The fourth-order valence-corrected chi connectivity index (χ4v) is 1.40. The third-order valence-electron chi connectivity index (χ3n) is 2.21. The van der Waals surface area contributed by atoms with Crippen LogP contribution in [0.2, 0.25) is 0 Å². The summed E-state index contributed by atoms with van der Waals surface area (Å²) >= 11 is 5.37. The fourth-order valence-electron chi connectivity index (χ4n) is 1.24. The number of carbonyl (C=O) groups excluding carboxylic acids is 2. The van der Waals surface area contributed by atoms with E-state index in [0.29, 0.717) is 19.6 Å². The van der Waals surface area contributed by atoms with Gasteiger partial charge in [0.25, 0.3) is 0 Å². The molecule has 0 radical (unpaired) electrons. The number of nitrogens with zero attached hydrogens (tertiary/aromatic N) is 2. The topological polar surface area (TPSA) is 40.6 Å². The highest BCUT2D eigenvalue weighted by Gasteiger charge is 2.22. The van der Waals surface area contributed by atoms with Gasteiger partial charge in [0.15, 0.2) is 0 Å². The van der Waals surface area contributed by atoms with Gasteiger partial charge in [-0.25, -0.2) is 4.79 Å². The van der Waals surface area contributed by atoms with E-state index in [-0.39, 0.29) is 6.03 Å². The van der Waals surface area contributed by atoms with E-state index in [1.165, 1.54) is 0 Å². The summed E-state index contributed by atoms with van der Waals surface area (Å²) in [4.78, 5) is 25.5. The lowest BCUT2D eigenvalue weighted by Crippen LogP contribution is -2.44. The Kier molecular flexibility index (Phi) is 7.13. The van der Waals surface area contributed by atoms with Gasteiger partial charge in [-0.1, -0.05) is 13.3 Å². The summed E-state index contributed by atoms with van der Waals surface area (Å²) in [5.74, 6) is 0. The van der Waals surface area contributed by atoms with E-state index in [0.717, 1.165) is 17.7 Å². The van der Waals surface area contributed by atoms with Gasteiger partial charge in [0.1, 0.15) is 0 Å². The van der Waals surface area contributed by atoms with Crippen molar-refractivity contribution in [3.63, 3.8) is 0 Å². The molecule has 0 aliphatic heterocycles. The van der Waals surface area contributed by atoms with Gasteiger partial charge in [0.05, 0.1) is 0 Å². The summed E-state index contributed by atoms with van der Waals surface area (Å²) in [5, 5.41) is -0.694. The van der Waals surface area contributed by atoms with Gasteiger partial charge in [-0.05, 0) is 31.9 Å². The molecule has 0 N–H and O–H groups in total. The summed E-state index contributed by atoms with van der Waals surface area (Å²) < 4.78 is 0. The normalized spacial score (nSPS) is 9.87. The number of amides is 3. The third kappa shape index (κ3) is 4.51. The molecular formula is C10H19ClN2O2. The molecule has 15 heavy (non-hydrogen) atoms. The standard InChI is InChI=1S/C10H19ClN2O2/c1-4-7-8-13(9(11)14)10(15)12(5-2)6-3/h4-8H2,1-3H3. The largest absolute Gasteiger partial charge is 0.327 e. The first-order valence-electron chi connectivity index (χ1n) is 5.34. The molecule has 0 aromatic carbocycles. The Labute approximate surface area is 96.2 Å². The molecule has 4 nitrogen and oxygen atoms in total. The maximum atomic E-state index is 11.8. The second kappa shape index (κ2) is 7.51. The zero-order chi connectivity index (χ0) is 11.8.